The summed E-state index contributed by atoms with van der Waals surface area (Å²) in [6.45, 7) is 8.68. The quantitative estimate of drug-likeness (QED) is 0.340. The van der Waals surface area contributed by atoms with Gasteiger partial charge in [-0.25, -0.2) is 14.5 Å². The van der Waals surface area contributed by atoms with Gasteiger partial charge in [-0.15, -0.1) is 0 Å². The molecule has 25 heavy (non-hydrogen) atoms. The number of carbonyl (C=O) groups is 2. The zero-order valence-electron chi connectivity index (χ0n) is 15.2. The van der Waals surface area contributed by atoms with Crippen LogP contribution in [0.25, 0.3) is 0 Å². The predicted molar refractivity (Wildman–Crippen MR) is 94.9 cm³/mol. The smallest absolute Gasteiger partial charge is 0.429 e. The van der Waals surface area contributed by atoms with Crippen LogP contribution in [0, 0.1) is 5.92 Å². The van der Waals surface area contributed by atoms with Crippen molar-refractivity contribution in [2.45, 2.75) is 58.4 Å². The molecule has 1 aromatic rings. The zero-order chi connectivity index (χ0) is 18.4. The number of ether oxygens (including phenoxy) is 1. The molecule has 2 unspecified atom stereocenters. The van der Waals surface area contributed by atoms with Crippen molar-refractivity contribution < 1.29 is 29.1 Å². The average molecular weight is 366 g/mol. The summed E-state index contributed by atoms with van der Waals surface area (Å²) >= 11 is 0. The second-order valence-corrected chi connectivity index (χ2v) is 12.6. The number of carbonyl (C=O) groups excluding carboxylic acids is 2. The van der Waals surface area contributed by atoms with Gasteiger partial charge in [0.05, 0.1) is 18.7 Å². The molecule has 2 rings (SSSR count). The van der Waals surface area contributed by atoms with Crippen LogP contribution in [0.15, 0.2) is 24.3 Å². The lowest BCUT2D eigenvalue weighted by molar-refractivity contribution is -0.453. The lowest BCUT2D eigenvalue weighted by Gasteiger charge is -2.27. The van der Waals surface area contributed by atoms with Crippen LogP contribution < -0.4 is 5.19 Å². The molecule has 1 aromatic carbocycles. The van der Waals surface area contributed by atoms with Gasteiger partial charge in [0.2, 0.25) is 0 Å². The Balaban J connectivity index is 1.75. The fraction of sp³-hybridized carbons (Fsp3) is 0.556. The Labute approximate surface area is 149 Å². The van der Waals surface area contributed by atoms with Crippen molar-refractivity contribution in [1.82, 2.24) is 0 Å². The van der Waals surface area contributed by atoms with Gasteiger partial charge in [0, 0.05) is 0 Å². The van der Waals surface area contributed by atoms with E-state index in [2.05, 4.69) is 34.5 Å². The first-order valence-corrected chi connectivity index (χ1v) is 12.1. The Kier molecular flexibility index (Phi) is 6.61. The van der Waals surface area contributed by atoms with Gasteiger partial charge in [-0.05, 0) is 37.3 Å². The third-order valence-corrected chi connectivity index (χ3v) is 6.54. The van der Waals surface area contributed by atoms with Gasteiger partial charge in [0.15, 0.2) is 0 Å². The second-order valence-electron chi connectivity index (χ2n) is 7.52. The summed E-state index contributed by atoms with van der Waals surface area (Å²) < 4.78 is 5.17. The highest BCUT2D eigenvalue weighted by atomic mass is 28.3. The molecular formula is C18H26O6Si. The fourth-order valence-electron chi connectivity index (χ4n) is 2.83. The molecule has 0 spiro atoms. The molecule has 7 heteroatoms. The van der Waals surface area contributed by atoms with E-state index in [0.29, 0.717) is 5.56 Å². The van der Waals surface area contributed by atoms with Gasteiger partial charge in [-0.1, -0.05) is 50.3 Å². The van der Waals surface area contributed by atoms with E-state index in [1.807, 2.05) is 19.1 Å². The van der Waals surface area contributed by atoms with E-state index >= 15 is 0 Å². The highest BCUT2D eigenvalue weighted by Gasteiger charge is 2.26. The molecule has 1 aliphatic carbocycles. The molecule has 2 atom stereocenters. The van der Waals surface area contributed by atoms with Gasteiger partial charge >= 0.3 is 12.1 Å². The van der Waals surface area contributed by atoms with Crippen molar-refractivity contribution in [3.63, 3.8) is 0 Å². The largest absolute Gasteiger partial charge is 0.543 e. The van der Waals surface area contributed by atoms with Crippen LogP contribution in [-0.2, 0) is 19.6 Å². The Bertz CT molecular complexity index is 593. The van der Waals surface area contributed by atoms with Crippen molar-refractivity contribution in [2.24, 2.45) is 5.92 Å². The van der Waals surface area contributed by atoms with Crippen LogP contribution >= 0.6 is 0 Å². The van der Waals surface area contributed by atoms with Gasteiger partial charge in [-0.2, -0.15) is 0 Å². The van der Waals surface area contributed by atoms with E-state index in [9.17, 15) is 9.59 Å². The minimum atomic E-state index is -1.43. The standard InChI is InChI=1S/C18H26O6Si/c1-13-7-5-6-8-16(13)21-18(20)23-24-22-17(19)14-9-11-15(12-10-14)25(2,3)4/h9-13,16H,5-8H2,1-4H3. The molecule has 1 saturated carbocycles. The Morgan fingerprint density at radius 3 is 2.24 bits per heavy atom. The van der Waals surface area contributed by atoms with Gasteiger partial charge < -0.3 is 4.74 Å². The molecule has 0 aliphatic heterocycles. The van der Waals surface area contributed by atoms with Crippen LogP contribution in [-0.4, -0.2) is 26.3 Å². The summed E-state index contributed by atoms with van der Waals surface area (Å²) in [7, 11) is -1.43. The van der Waals surface area contributed by atoms with E-state index in [1.54, 1.807) is 12.1 Å². The van der Waals surface area contributed by atoms with Crippen LogP contribution in [0.5, 0.6) is 0 Å². The monoisotopic (exact) mass is 366 g/mol. The highest BCUT2D eigenvalue weighted by molar-refractivity contribution is 6.88. The first-order valence-electron chi connectivity index (χ1n) is 8.64. The summed E-state index contributed by atoms with van der Waals surface area (Å²) in [5, 5.41) is 5.50. The van der Waals surface area contributed by atoms with Gasteiger partial charge in [0.1, 0.15) is 6.10 Å². The topological polar surface area (TPSA) is 71.1 Å². The first-order chi connectivity index (χ1) is 11.8. The van der Waals surface area contributed by atoms with Crippen LogP contribution in [0.3, 0.4) is 0 Å². The molecule has 6 nitrogen and oxygen atoms in total. The predicted octanol–water partition coefficient (Wildman–Crippen LogP) is 3.97. The maximum Gasteiger partial charge on any atom is 0.543 e. The normalized spacial score (nSPS) is 20.6. The fourth-order valence-corrected chi connectivity index (χ4v) is 4.00. The molecule has 0 saturated heterocycles. The average Bonchev–Trinajstić information content (AvgIpc) is 2.56. The Morgan fingerprint density at radius 2 is 1.64 bits per heavy atom. The van der Waals surface area contributed by atoms with Gasteiger partial charge in [-0.3, -0.25) is 4.89 Å². The second kappa shape index (κ2) is 8.49. The molecule has 1 fully saturated rings. The number of rotatable bonds is 5. The third-order valence-electron chi connectivity index (χ3n) is 4.48. The van der Waals surface area contributed by atoms with Crippen molar-refractivity contribution in [2.75, 3.05) is 0 Å². The molecule has 0 bridgehead atoms. The number of hydrogen-bond acceptors (Lipinski definition) is 6. The number of benzene rings is 1. The SMILES string of the molecule is CC1CCCCC1OC(=O)OOOC(=O)c1ccc([Si](C)(C)C)cc1. The zero-order valence-corrected chi connectivity index (χ0v) is 16.2. The summed E-state index contributed by atoms with van der Waals surface area (Å²) in [5.74, 6) is -0.449. The van der Waals surface area contributed by atoms with Gasteiger partial charge in [0.25, 0.3) is 0 Å². The molecule has 0 N–H and O–H groups in total. The lowest BCUT2D eigenvalue weighted by Crippen LogP contribution is -2.37. The van der Waals surface area contributed by atoms with Crippen molar-refractivity contribution in [3.05, 3.63) is 29.8 Å². The molecule has 138 valence electrons. The van der Waals surface area contributed by atoms with Crippen LogP contribution in [0.2, 0.25) is 19.6 Å². The van der Waals surface area contributed by atoms with E-state index in [0.717, 1.165) is 25.7 Å². The maximum absolute atomic E-state index is 11.9. The lowest BCUT2D eigenvalue weighted by atomic mass is 9.88. The Hall–Kier alpha value is -1.86. The summed E-state index contributed by atoms with van der Waals surface area (Å²) in [4.78, 5) is 32.3. The molecule has 0 heterocycles. The third kappa shape index (κ3) is 5.86. The molecule has 1 aliphatic rings. The summed E-state index contributed by atoms with van der Waals surface area (Å²) in [6.07, 6.45) is 2.79. The summed E-state index contributed by atoms with van der Waals surface area (Å²) in [6, 6.07) is 7.15. The highest BCUT2D eigenvalue weighted by Crippen LogP contribution is 2.26. The van der Waals surface area contributed by atoms with Crippen LogP contribution in [0.4, 0.5) is 4.79 Å². The molecular weight excluding hydrogens is 340 g/mol. The molecule has 0 aromatic heterocycles. The van der Waals surface area contributed by atoms with E-state index in [4.69, 9.17) is 4.74 Å². The van der Waals surface area contributed by atoms with E-state index in [1.165, 1.54) is 5.19 Å². The van der Waals surface area contributed by atoms with E-state index in [-0.39, 0.29) is 12.0 Å². The minimum Gasteiger partial charge on any atom is -0.429 e. The van der Waals surface area contributed by atoms with Crippen molar-refractivity contribution in [1.29, 1.82) is 0 Å². The molecule has 0 amide bonds. The Morgan fingerprint density at radius 1 is 1.00 bits per heavy atom. The van der Waals surface area contributed by atoms with Crippen molar-refractivity contribution in [3.8, 4) is 0 Å². The minimum absolute atomic E-state index is 0.185. The van der Waals surface area contributed by atoms with E-state index < -0.39 is 20.2 Å². The maximum atomic E-state index is 11.9. The van der Waals surface area contributed by atoms with Crippen molar-refractivity contribution >= 4 is 25.4 Å². The number of hydrogen-bond donors (Lipinski definition) is 0. The summed E-state index contributed by atoms with van der Waals surface area (Å²) in [5.41, 5.74) is 0.319. The molecule has 0 radical (unpaired) electrons. The first kappa shape index (κ1) is 19.5. The van der Waals surface area contributed by atoms with Crippen LogP contribution in [0.1, 0.15) is 43.0 Å².